The molecule has 29 heavy (non-hydrogen) atoms. The Kier molecular flexibility index (Phi) is 5.30. The fourth-order valence-electron chi connectivity index (χ4n) is 3.95. The normalized spacial score (nSPS) is 20.8. The molecule has 0 saturated carbocycles. The molecule has 1 atom stereocenters. The van der Waals surface area contributed by atoms with Crippen LogP contribution in [0.25, 0.3) is 0 Å². The van der Waals surface area contributed by atoms with Gasteiger partial charge in [0.05, 0.1) is 29.8 Å². The first-order chi connectivity index (χ1) is 14.0. The van der Waals surface area contributed by atoms with Crippen LogP contribution in [0.15, 0.2) is 48.5 Å². The van der Waals surface area contributed by atoms with Crippen molar-refractivity contribution < 1.29 is 14.7 Å². The molecule has 0 aromatic heterocycles. The molecule has 2 saturated heterocycles. The highest BCUT2D eigenvalue weighted by molar-refractivity contribution is 6.22. The highest BCUT2D eigenvalue weighted by atomic mass is 16.3. The van der Waals surface area contributed by atoms with Crippen LogP contribution in [0.1, 0.15) is 17.5 Å². The Bertz CT molecular complexity index is 942. The number of nitriles is 1. The number of phenols is 1. The molecule has 7 nitrogen and oxygen atoms in total. The van der Waals surface area contributed by atoms with Gasteiger partial charge in [-0.3, -0.25) is 19.4 Å². The van der Waals surface area contributed by atoms with Gasteiger partial charge in [-0.25, -0.2) is 4.90 Å². The summed E-state index contributed by atoms with van der Waals surface area (Å²) < 4.78 is 0. The average Bonchev–Trinajstić information content (AvgIpc) is 3.04. The first-order valence-electron chi connectivity index (χ1n) is 9.66. The first kappa shape index (κ1) is 19.1. The van der Waals surface area contributed by atoms with Crippen LogP contribution in [0.2, 0.25) is 0 Å². The Labute approximate surface area is 169 Å². The van der Waals surface area contributed by atoms with E-state index in [1.54, 1.807) is 12.1 Å². The molecule has 148 valence electrons. The van der Waals surface area contributed by atoms with Crippen LogP contribution in [0, 0.1) is 11.3 Å². The van der Waals surface area contributed by atoms with E-state index in [1.165, 1.54) is 17.0 Å². The number of hydrogen-bond donors (Lipinski definition) is 1. The second-order valence-corrected chi connectivity index (χ2v) is 7.42. The van der Waals surface area contributed by atoms with Gasteiger partial charge in [-0.05, 0) is 42.0 Å². The zero-order valence-corrected chi connectivity index (χ0v) is 16.0. The van der Waals surface area contributed by atoms with Crippen LogP contribution in [0.3, 0.4) is 0 Å². The lowest BCUT2D eigenvalue weighted by molar-refractivity contribution is -0.123. The van der Waals surface area contributed by atoms with E-state index in [9.17, 15) is 14.7 Å². The lowest BCUT2D eigenvalue weighted by atomic mass is 10.1. The zero-order chi connectivity index (χ0) is 20.4. The maximum absolute atomic E-state index is 12.9. The van der Waals surface area contributed by atoms with Gasteiger partial charge in [0.2, 0.25) is 5.91 Å². The summed E-state index contributed by atoms with van der Waals surface area (Å²) in [6.45, 7) is 3.89. The Hall–Kier alpha value is -3.21. The topological polar surface area (TPSA) is 87.9 Å². The lowest BCUT2D eigenvalue weighted by Gasteiger charge is -2.37. The minimum absolute atomic E-state index is 0.0998. The van der Waals surface area contributed by atoms with Gasteiger partial charge >= 0.3 is 0 Å². The Morgan fingerprint density at radius 3 is 2.24 bits per heavy atom. The summed E-state index contributed by atoms with van der Waals surface area (Å²) in [5.74, 6) is -0.297. The van der Waals surface area contributed by atoms with Crippen molar-refractivity contribution in [1.82, 2.24) is 9.80 Å². The molecule has 2 fully saturated rings. The maximum Gasteiger partial charge on any atom is 0.251 e. The molecule has 2 amide bonds. The molecule has 0 aliphatic carbocycles. The average molecular weight is 390 g/mol. The summed E-state index contributed by atoms with van der Waals surface area (Å²) in [5, 5.41) is 18.3. The van der Waals surface area contributed by atoms with Gasteiger partial charge in [0.1, 0.15) is 5.75 Å². The number of imide groups is 1. The van der Waals surface area contributed by atoms with E-state index in [0.29, 0.717) is 11.3 Å². The van der Waals surface area contributed by atoms with Crippen molar-refractivity contribution in [3.05, 3.63) is 59.7 Å². The SMILES string of the molecule is N#Cc1ccc(CN2CCN(C3CC(=O)N(c4ccc(O)cc4)C3=O)CC2)cc1. The van der Waals surface area contributed by atoms with E-state index < -0.39 is 6.04 Å². The number of rotatable bonds is 4. The van der Waals surface area contributed by atoms with E-state index in [-0.39, 0.29) is 24.0 Å². The Morgan fingerprint density at radius 1 is 0.966 bits per heavy atom. The number of hydrogen-bond acceptors (Lipinski definition) is 6. The molecule has 2 aliphatic rings. The lowest BCUT2D eigenvalue weighted by Crippen LogP contribution is -2.52. The number of amides is 2. The zero-order valence-electron chi connectivity index (χ0n) is 16.0. The van der Waals surface area contributed by atoms with Crippen molar-refractivity contribution in [2.45, 2.75) is 19.0 Å². The minimum atomic E-state index is -0.423. The van der Waals surface area contributed by atoms with Crippen LogP contribution in [-0.4, -0.2) is 58.9 Å². The van der Waals surface area contributed by atoms with E-state index in [4.69, 9.17) is 5.26 Å². The fourth-order valence-corrected chi connectivity index (χ4v) is 3.95. The largest absolute Gasteiger partial charge is 0.508 e. The number of nitrogens with zero attached hydrogens (tertiary/aromatic N) is 4. The maximum atomic E-state index is 12.9. The molecule has 1 unspecified atom stereocenters. The molecule has 4 rings (SSSR count). The highest BCUT2D eigenvalue weighted by Crippen LogP contribution is 2.27. The molecular weight excluding hydrogens is 368 g/mol. The quantitative estimate of drug-likeness (QED) is 0.800. The summed E-state index contributed by atoms with van der Waals surface area (Å²) >= 11 is 0. The van der Waals surface area contributed by atoms with Gasteiger partial charge in [-0.2, -0.15) is 5.26 Å². The highest BCUT2D eigenvalue weighted by Gasteiger charge is 2.43. The number of phenolic OH excluding ortho intramolecular Hbond substituents is 1. The number of anilines is 1. The molecule has 7 heteroatoms. The molecule has 2 aromatic rings. The molecule has 2 aromatic carbocycles. The molecular formula is C22H22N4O3. The first-order valence-corrected chi connectivity index (χ1v) is 9.66. The van der Waals surface area contributed by atoms with Crippen molar-refractivity contribution in [1.29, 1.82) is 5.26 Å². The van der Waals surface area contributed by atoms with Crippen LogP contribution in [-0.2, 0) is 16.1 Å². The second kappa shape index (κ2) is 8.03. The minimum Gasteiger partial charge on any atom is -0.508 e. The molecule has 2 aliphatic heterocycles. The van der Waals surface area contributed by atoms with Crippen molar-refractivity contribution in [3.63, 3.8) is 0 Å². The van der Waals surface area contributed by atoms with E-state index in [2.05, 4.69) is 15.9 Å². The van der Waals surface area contributed by atoms with E-state index >= 15 is 0 Å². The van der Waals surface area contributed by atoms with Crippen LogP contribution in [0.4, 0.5) is 5.69 Å². The summed E-state index contributed by atoms with van der Waals surface area (Å²) in [4.78, 5) is 31.0. The summed E-state index contributed by atoms with van der Waals surface area (Å²) in [7, 11) is 0. The van der Waals surface area contributed by atoms with Crippen molar-refractivity contribution in [2.75, 3.05) is 31.1 Å². The molecule has 1 N–H and O–H groups in total. The van der Waals surface area contributed by atoms with Crippen LogP contribution in [0.5, 0.6) is 5.75 Å². The van der Waals surface area contributed by atoms with Crippen LogP contribution < -0.4 is 4.90 Å². The standard InChI is InChI=1S/C22H22N4O3/c23-14-16-1-3-17(4-2-16)15-24-9-11-25(12-10-24)20-13-21(28)26(22(20)29)18-5-7-19(27)8-6-18/h1-8,20,27H,9-13,15H2. The van der Waals surface area contributed by atoms with Gasteiger partial charge < -0.3 is 5.11 Å². The number of carbonyl (C=O) groups is 2. The van der Waals surface area contributed by atoms with Crippen molar-refractivity contribution in [2.24, 2.45) is 0 Å². The van der Waals surface area contributed by atoms with Gasteiger partial charge in [-0.1, -0.05) is 12.1 Å². The third-order valence-electron chi connectivity index (χ3n) is 5.57. The number of aromatic hydroxyl groups is 1. The Balaban J connectivity index is 1.36. The van der Waals surface area contributed by atoms with Crippen molar-refractivity contribution >= 4 is 17.5 Å². The number of piperazine rings is 1. The van der Waals surface area contributed by atoms with Gasteiger partial charge in [-0.15, -0.1) is 0 Å². The fraction of sp³-hybridized carbons (Fsp3) is 0.318. The Morgan fingerprint density at radius 2 is 1.62 bits per heavy atom. The van der Waals surface area contributed by atoms with Gasteiger partial charge in [0.15, 0.2) is 0 Å². The van der Waals surface area contributed by atoms with Crippen molar-refractivity contribution in [3.8, 4) is 11.8 Å². The van der Waals surface area contributed by atoms with E-state index in [0.717, 1.165) is 38.3 Å². The van der Waals surface area contributed by atoms with Gasteiger partial charge in [0, 0.05) is 32.7 Å². The third kappa shape index (κ3) is 3.99. The monoisotopic (exact) mass is 390 g/mol. The predicted octanol–water partition coefficient (Wildman–Crippen LogP) is 1.71. The summed E-state index contributed by atoms with van der Waals surface area (Å²) in [6, 6.07) is 15.4. The molecule has 0 bridgehead atoms. The molecule has 2 heterocycles. The number of carbonyl (C=O) groups excluding carboxylic acids is 2. The predicted molar refractivity (Wildman–Crippen MR) is 107 cm³/mol. The van der Waals surface area contributed by atoms with E-state index in [1.807, 2.05) is 24.3 Å². The smallest absolute Gasteiger partial charge is 0.251 e. The summed E-state index contributed by atoms with van der Waals surface area (Å²) in [5.41, 5.74) is 2.31. The number of benzene rings is 2. The molecule has 0 spiro atoms. The van der Waals surface area contributed by atoms with Crippen LogP contribution >= 0.6 is 0 Å². The summed E-state index contributed by atoms with van der Waals surface area (Å²) in [6.07, 6.45) is 0.190. The second-order valence-electron chi connectivity index (χ2n) is 7.42. The molecule has 0 radical (unpaired) electrons. The van der Waals surface area contributed by atoms with Gasteiger partial charge in [0.25, 0.3) is 5.91 Å². The third-order valence-corrected chi connectivity index (χ3v) is 5.57.